The van der Waals surface area contributed by atoms with Gasteiger partial charge in [-0.25, -0.2) is 0 Å². The number of methoxy groups -OCH3 is 1. The van der Waals surface area contributed by atoms with Crippen LogP contribution in [0.25, 0.3) is 0 Å². The lowest BCUT2D eigenvalue weighted by atomic mass is 9.95. The van der Waals surface area contributed by atoms with E-state index in [-0.39, 0.29) is 0 Å². The van der Waals surface area contributed by atoms with E-state index >= 15 is 0 Å². The molecule has 2 saturated carbocycles. The van der Waals surface area contributed by atoms with Crippen LogP contribution in [0.3, 0.4) is 0 Å². The van der Waals surface area contributed by atoms with Gasteiger partial charge in [0.2, 0.25) is 0 Å². The SMILES string of the molecule is COC.O[C@@H]1C2CCC(C2)[C@H]1O. The minimum absolute atomic E-state index is 0.399. The molecule has 4 atom stereocenters. The molecule has 0 aromatic carbocycles. The van der Waals surface area contributed by atoms with Gasteiger partial charge in [-0.15, -0.1) is 0 Å². The summed E-state index contributed by atoms with van der Waals surface area (Å²) >= 11 is 0. The lowest BCUT2D eigenvalue weighted by molar-refractivity contribution is -0.0160. The molecule has 0 amide bonds. The number of fused-ring (bicyclic) bond motifs is 2. The first kappa shape index (κ1) is 9.96. The quantitative estimate of drug-likeness (QED) is 0.559. The number of rotatable bonds is 0. The Balaban J connectivity index is 0.000000213. The van der Waals surface area contributed by atoms with E-state index in [2.05, 4.69) is 4.74 Å². The Morgan fingerprint density at radius 3 is 1.50 bits per heavy atom. The van der Waals surface area contributed by atoms with E-state index in [9.17, 15) is 10.2 Å². The maximum atomic E-state index is 9.24. The molecule has 2 rings (SSSR count). The largest absolute Gasteiger partial charge is 0.390 e. The van der Waals surface area contributed by atoms with Crippen molar-refractivity contribution in [2.75, 3.05) is 14.2 Å². The summed E-state index contributed by atoms with van der Waals surface area (Å²) < 4.78 is 4.25. The van der Waals surface area contributed by atoms with Gasteiger partial charge in [-0.05, 0) is 31.1 Å². The molecule has 2 aliphatic carbocycles. The van der Waals surface area contributed by atoms with Gasteiger partial charge in [0.1, 0.15) is 0 Å². The standard InChI is InChI=1S/C7H12O2.C2H6O/c8-6-4-1-2-5(3-4)7(6)9;1-3-2/h4-9H,1-3H2;1-2H3/t4?,5?,6-,7-;/m1./s1. The third kappa shape index (κ3) is 1.79. The zero-order valence-corrected chi connectivity index (χ0v) is 7.73. The molecule has 0 aromatic rings. The monoisotopic (exact) mass is 174 g/mol. The molecule has 72 valence electrons. The molecule has 2 unspecified atom stereocenters. The number of aliphatic hydroxyl groups excluding tert-OH is 2. The van der Waals surface area contributed by atoms with E-state index in [1.54, 1.807) is 14.2 Å². The Hall–Kier alpha value is -0.120. The van der Waals surface area contributed by atoms with Crippen molar-refractivity contribution in [2.45, 2.75) is 31.5 Å². The molecule has 0 aromatic heterocycles. The second kappa shape index (κ2) is 4.21. The highest BCUT2D eigenvalue weighted by molar-refractivity contribution is 4.96. The molecule has 0 aliphatic heterocycles. The van der Waals surface area contributed by atoms with Crippen LogP contribution in [0.1, 0.15) is 19.3 Å². The fourth-order valence-corrected chi connectivity index (χ4v) is 2.23. The van der Waals surface area contributed by atoms with Crippen molar-refractivity contribution in [3.8, 4) is 0 Å². The highest BCUT2D eigenvalue weighted by Crippen LogP contribution is 2.44. The molecule has 2 fully saturated rings. The van der Waals surface area contributed by atoms with Crippen LogP contribution < -0.4 is 0 Å². The second-order valence-corrected chi connectivity index (χ2v) is 3.72. The van der Waals surface area contributed by atoms with Gasteiger partial charge < -0.3 is 14.9 Å². The average Bonchev–Trinajstić information content (AvgIpc) is 2.58. The Bertz CT molecular complexity index is 120. The molecule has 2 aliphatic rings. The van der Waals surface area contributed by atoms with Gasteiger partial charge in [-0.2, -0.15) is 0 Å². The number of aliphatic hydroxyl groups is 2. The van der Waals surface area contributed by atoms with Crippen molar-refractivity contribution in [3.63, 3.8) is 0 Å². The predicted molar refractivity (Wildman–Crippen MR) is 45.8 cm³/mol. The number of hydrogen-bond donors (Lipinski definition) is 2. The zero-order chi connectivity index (χ0) is 9.14. The summed E-state index contributed by atoms with van der Waals surface area (Å²) in [5.41, 5.74) is 0. The molecule has 3 nitrogen and oxygen atoms in total. The highest BCUT2D eigenvalue weighted by atomic mass is 16.4. The minimum atomic E-state index is -0.399. The van der Waals surface area contributed by atoms with E-state index in [0.29, 0.717) is 11.8 Å². The van der Waals surface area contributed by atoms with Crippen LogP contribution in [0.15, 0.2) is 0 Å². The first-order valence-corrected chi connectivity index (χ1v) is 4.47. The Labute approximate surface area is 73.4 Å². The van der Waals surface area contributed by atoms with Gasteiger partial charge >= 0.3 is 0 Å². The summed E-state index contributed by atoms with van der Waals surface area (Å²) in [7, 11) is 3.25. The first-order valence-electron chi connectivity index (χ1n) is 4.47. The summed E-state index contributed by atoms with van der Waals surface area (Å²) in [4.78, 5) is 0. The van der Waals surface area contributed by atoms with Crippen LogP contribution in [0.2, 0.25) is 0 Å². The fourth-order valence-electron chi connectivity index (χ4n) is 2.23. The van der Waals surface area contributed by atoms with Crippen LogP contribution >= 0.6 is 0 Å². The normalized spacial score (nSPS) is 44.0. The van der Waals surface area contributed by atoms with Gasteiger partial charge in [0.05, 0.1) is 12.2 Å². The van der Waals surface area contributed by atoms with E-state index in [4.69, 9.17) is 0 Å². The topological polar surface area (TPSA) is 49.7 Å². The Kier molecular flexibility index (Phi) is 3.50. The zero-order valence-electron chi connectivity index (χ0n) is 7.73. The molecule has 2 N–H and O–H groups in total. The maximum absolute atomic E-state index is 9.24. The molecule has 12 heavy (non-hydrogen) atoms. The fraction of sp³-hybridized carbons (Fsp3) is 1.00. The predicted octanol–water partition coefficient (Wildman–Crippen LogP) is 0.401. The first-order chi connectivity index (χ1) is 5.70. The minimum Gasteiger partial charge on any atom is -0.390 e. The van der Waals surface area contributed by atoms with E-state index in [0.717, 1.165) is 19.3 Å². The number of ether oxygens (including phenoxy) is 1. The lowest BCUT2D eigenvalue weighted by Crippen LogP contribution is -2.31. The van der Waals surface area contributed by atoms with Crippen molar-refractivity contribution in [3.05, 3.63) is 0 Å². The third-order valence-electron chi connectivity index (χ3n) is 2.83. The smallest absolute Gasteiger partial charge is 0.0830 e. The van der Waals surface area contributed by atoms with E-state index < -0.39 is 12.2 Å². The van der Waals surface area contributed by atoms with E-state index in [1.165, 1.54) is 0 Å². The molecular weight excluding hydrogens is 156 g/mol. The van der Waals surface area contributed by atoms with E-state index in [1.807, 2.05) is 0 Å². The van der Waals surface area contributed by atoms with Crippen LogP contribution in [0, 0.1) is 11.8 Å². The summed E-state index contributed by atoms with van der Waals surface area (Å²) in [6.45, 7) is 0. The van der Waals surface area contributed by atoms with Crippen LogP contribution in [-0.2, 0) is 4.74 Å². The molecule has 3 heteroatoms. The van der Waals surface area contributed by atoms with Gasteiger partial charge in [-0.1, -0.05) is 0 Å². The van der Waals surface area contributed by atoms with Crippen LogP contribution in [0.4, 0.5) is 0 Å². The van der Waals surface area contributed by atoms with Gasteiger partial charge in [0, 0.05) is 14.2 Å². The summed E-state index contributed by atoms with van der Waals surface area (Å²) in [5.74, 6) is 0.843. The summed E-state index contributed by atoms with van der Waals surface area (Å²) in [6.07, 6.45) is 2.51. The number of hydrogen-bond acceptors (Lipinski definition) is 3. The van der Waals surface area contributed by atoms with Crippen molar-refractivity contribution >= 4 is 0 Å². The lowest BCUT2D eigenvalue weighted by Gasteiger charge is -2.21. The van der Waals surface area contributed by atoms with Crippen molar-refractivity contribution < 1.29 is 14.9 Å². The van der Waals surface area contributed by atoms with Crippen molar-refractivity contribution in [2.24, 2.45) is 11.8 Å². The molecule has 0 heterocycles. The second-order valence-electron chi connectivity index (χ2n) is 3.72. The Morgan fingerprint density at radius 2 is 1.33 bits per heavy atom. The van der Waals surface area contributed by atoms with Gasteiger partial charge in [-0.3, -0.25) is 0 Å². The molecule has 0 spiro atoms. The van der Waals surface area contributed by atoms with Crippen molar-refractivity contribution in [1.29, 1.82) is 0 Å². The van der Waals surface area contributed by atoms with Gasteiger partial charge in [0.15, 0.2) is 0 Å². The van der Waals surface area contributed by atoms with Crippen LogP contribution in [0.5, 0.6) is 0 Å². The highest BCUT2D eigenvalue weighted by Gasteiger charge is 2.45. The molecule has 2 bridgehead atoms. The van der Waals surface area contributed by atoms with Crippen molar-refractivity contribution in [1.82, 2.24) is 0 Å². The summed E-state index contributed by atoms with van der Waals surface area (Å²) in [6, 6.07) is 0. The Morgan fingerprint density at radius 1 is 1.00 bits per heavy atom. The average molecular weight is 174 g/mol. The molecular formula is C9H18O3. The van der Waals surface area contributed by atoms with Crippen LogP contribution in [-0.4, -0.2) is 36.6 Å². The molecule has 0 radical (unpaired) electrons. The third-order valence-corrected chi connectivity index (χ3v) is 2.83. The molecule has 0 saturated heterocycles. The summed E-state index contributed by atoms with van der Waals surface area (Å²) in [5, 5.41) is 18.5. The van der Waals surface area contributed by atoms with Gasteiger partial charge in [0.25, 0.3) is 0 Å². The maximum Gasteiger partial charge on any atom is 0.0830 e.